The first-order valence-corrected chi connectivity index (χ1v) is 8.74. The molecule has 4 nitrogen and oxygen atoms in total. The molecule has 12 heteroatoms. The summed E-state index contributed by atoms with van der Waals surface area (Å²) in [6, 6.07) is 12.1. The Morgan fingerprint density at radius 1 is 0.788 bits per heavy atom. The maximum Gasteiger partial charge on any atom is 0.381 e. The zero-order valence-electron chi connectivity index (χ0n) is 16.1. The second-order valence-electron chi connectivity index (χ2n) is 6.13. The molecule has 1 radical (unpaired) electrons. The standard InChI is InChI=1S/C13H6F6N.C8H5FN3.Ir/c14-12(15,16)8-4-5-9(10(7-8)13(17,18)19)11-3-1-2-6-20-11;9-8-11-5-7(12-8)6-3-1-2-4-10-6;/h1-4,6-7H;1-5H;/q2*-1;. The van der Waals surface area contributed by atoms with Gasteiger partial charge < -0.3 is 15.0 Å². The number of nitrogens with zero attached hydrogens (tertiary/aromatic N) is 4. The second kappa shape index (κ2) is 10.7. The van der Waals surface area contributed by atoms with E-state index in [2.05, 4.69) is 19.9 Å². The van der Waals surface area contributed by atoms with E-state index in [0.29, 0.717) is 17.5 Å². The average Bonchev–Trinajstić information content (AvgIpc) is 3.20. The third-order valence-corrected chi connectivity index (χ3v) is 3.93. The molecule has 0 bridgehead atoms. The van der Waals surface area contributed by atoms with Gasteiger partial charge in [-0.15, -0.1) is 23.8 Å². The molecule has 4 rings (SSSR count). The maximum atomic E-state index is 12.9. The summed E-state index contributed by atoms with van der Waals surface area (Å²) >= 11 is 0. The van der Waals surface area contributed by atoms with Crippen molar-refractivity contribution < 1.29 is 50.8 Å². The number of pyridine rings is 2. The van der Waals surface area contributed by atoms with Crippen molar-refractivity contribution in [2.75, 3.05) is 0 Å². The molecule has 0 aliphatic rings. The molecule has 0 aliphatic heterocycles. The minimum Gasteiger partial charge on any atom is -0.417 e. The zero-order chi connectivity index (χ0) is 23.4. The van der Waals surface area contributed by atoms with Crippen LogP contribution >= 0.6 is 0 Å². The molecule has 0 saturated heterocycles. The molecule has 0 atom stereocenters. The number of alkyl halides is 6. The molecular weight excluding hydrogens is 633 g/mol. The van der Waals surface area contributed by atoms with Gasteiger partial charge in [-0.1, -0.05) is 24.4 Å². The molecule has 0 N–H and O–H groups in total. The summed E-state index contributed by atoms with van der Waals surface area (Å²) in [7, 11) is 0. The van der Waals surface area contributed by atoms with E-state index in [9.17, 15) is 30.7 Å². The van der Waals surface area contributed by atoms with Crippen molar-refractivity contribution in [2.45, 2.75) is 12.4 Å². The van der Waals surface area contributed by atoms with Crippen LogP contribution < -0.4 is 4.98 Å². The Balaban J connectivity index is 0.000000253. The average molecular weight is 645 g/mol. The van der Waals surface area contributed by atoms with E-state index in [1.165, 1.54) is 30.6 Å². The van der Waals surface area contributed by atoms with Crippen LogP contribution in [-0.4, -0.2) is 15.0 Å². The maximum absolute atomic E-state index is 12.9. The molecule has 0 amide bonds. The van der Waals surface area contributed by atoms with Crippen LogP contribution in [-0.2, 0) is 32.5 Å². The molecule has 3 heterocycles. The summed E-state index contributed by atoms with van der Waals surface area (Å²) in [6.45, 7) is 0. The Bertz CT molecular complexity index is 1160. The molecule has 3 aromatic heterocycles. The summed E-state index contributed by atoms with van der Waals surface area (Å²) in [5, 5.41) is 0. The first-order valence-electron chi connectivity index (χ1n) is 8.74. The number of halogens is 7. The summed E-state index contributed by atoms with van der Waals surface area (Å²) in [6.07, 6.45) is -6.26. The van der Waals surface area contributed by atoms with E-state index < -0.39 is 35.1 Å². The van der Waals surface area contributed by atoms with Gasteiger partial charge in [-0.3, -0.25) is 4.98 Å². The number of hydrogen-bond donors (Lipinski definition) is 0. The van der Waals surface area contributed by atoms with Crippen LogP contribution in [0.15, 0.2) is 67.1 Å². The predicted octanol–water partition coefficient (Wildman–Crippen LogP) is 5.82. The van der Waals surface area contributed by atoms with Gasteiger partial charge in [0.15, 0.2) is 0 Å². The number of hydrogen-bond acceptors (Lipinski definition) is 3. The molecule has 0 saturated carbocycles. The summed E-state index contributed by atoms with van der Waals surface area (Å²) in [5.41, 5.74) is -2.31. The summed E-state index contributed by atoms with van der Waals surface area (Å²) in [4.78, 5) is 14.6. The van der Waals surface area contributed by atoms with Crippen LogP contribution in [0.3, 0.4) is 0 Å². The Labute approximate surface area is 196 Å². The van der Waals surface area contributed by atoms with E-state index in [1.54, 1.807) is 18.3 Å². The van der Waals surface area contributed by atoms with Crippen LogP contribution in [0.2, 0.25) is 0 Å². The smallest absolute Gasteiger partial charge is 0.381 e. The van der Waals surface area contributed by atoms with Gasteiger partial charge in [0.1, 0.15) is 6.08 Å². The molecule has 175 valence electrons. The number of imidazole rings is 1. The first kappa shape index (κ1) is 26.1. The first-order chi connectivity index (χ1) is 15.1. The minimum absolute atomic E-state index is 0. The Hall–Kier alpha value is -3.11. The van der Waals surface area contributed by atoms with Crippen molar-refractivity contribution in [3.8, 4) is 22.6 Å². The number of benzene rings is 1. The fourth-order valence-corrected chi connectivity index (χ4v) is 2.52. The van der Waals surface area contributed by atoms with Gasteiger partial charge in [-0.2, -0.15) is 26.3 Å². The van der Waals surface area contributed by atoms with Gasteiger partial charge in [0.25, 0.3) is 0 Å². The fraction of sp³-hybridized carbons (Fsp3) is 0.0952. The Kier molecular flexibility index (Phi) is 8.45. The van der Waals surface area contributed by atoms with Gasteiger partial charge in [-0.25, -0.2) is 4.39 Å². The third kappa shape index (κ3) is 6.93. The van der Waals surface area contributed by atoms with Crippen molar-refractivity contribution in [2.24, 2.45) is 0 Å². The molecule has 0 spiro atoms. The van der Waals surface area contributed by atoms with Gasteiger partial charge in [0.05, 0.1) is 5.69 Å². The molecule has 0 fully saturated rings. The van der Waals surface area contributed by atoms with E-state index >= 15 is 0 Å². The third-order valence-electron chi connectivity index (χ3n) is 3.93. The monoisotopic (exact) mass is 645 g/mol. The van der Waals surface area contributed by atoms with Crippen molar-refractivity contribution in [3.63, 3.8) is 0 Å². The van der Waals surface area contributed by atoms with E-state index in [1.807, 2.05) is 12.1 Å². The molecular formula is C21H11F7IrN4-2. The largest absolute Gasteiger partial charge is 0.417 e. The zero-order valence-corrected chi connectivity index (χ0v) is 18.5. The number of rotatable bonds is 2. The van der Waals surface area contributed by atoms with Gasteiger partial charge in [0, 0.05) is 32.5 Å². The van der Waals surface area contributed by atoms with E-state index in [0.717, 1.165) is 0 Å². The summed E-state index contributed by atoms with van der Waals surface area (Å²) in [5.74, 6) is 0. The molecule has 0 aliphatic carbocycles. The van der Waals surface area contributed by atoms with Crippen molar-refractivity contribution in [3.05, 3.63) is 90.4 Å². The Morgan fingerprint density at radius 2 is 1.39 bits per heavy atom. The second-order valence-corrected chi connectivity index (χ2v) is 6.13. The van der Waals surface area contributed by atoms with E-state index in [-0.39, 0.29) is 31.9 Å². The van der Waals surface area contributed by atoms with Crippen LogP contribution in [0.4, 0.5) is 30.7 Å². The van der Waals surface area contributed by atoms with Gasteiger partial charge in [-0.05, 0) is 40.7 Å². The Morgan fingerprint density at radius 3 is 1.85 bits per heavy atom. The van der Waals surface area contributed by atoms with Crippen molar-refractivity contribution >= 4 is 0 Å². The summed E-state index contributed by atoms with van der Waals surface area (Å²) < 4.78 is 88.5. The van der Waals surface area contributed by atoms with Crippen LogP contribution in [0.25, 0.3) is 22.6 Å². The predicted molar refractivity (Wildman–Crippen MR) is 99.3 cm³/mol. The fourth-order valence-electron chi connectivity index (χ4n) is 2.52. The van der Waals surface area contributed by atoms with Gasteiger partial charge in [0.2, 0.25) is 0 Å². The van der Waals surface area contributed by atoms with Crippen molar-refractivity contribution in [1.82, 2.24) is 19.9 Å². The molecule has 4 aromatic rings. The van der Waals surface area contributed by atoms with E-state index in [4.69, 9.17) is 0 Å². The SMILES string of the molecule is FC(F)(F)c1c[c-]c(-c2ccccn2)c(C(F)(F)F)c1.Fc1ncc(-c2ccccn2)[n-]1.[Ir]. The molecule has 1 aromatic carbocycles. The quantitative estimate of drug-likeness (QED) is 0.204. The van der Waals surface area contributed by atoms with Crippen LogP contribution in [0.5, 0.6) is 0 Å². The molecule has 0 unspecified atom stereocenters. The minimum atomic E-state index is -4.93. The van der Waals surface area contributed by atoms with Gasteiger partial charge >= 0.3 is 12.4 Å². The van der Waals surface area contributed by atoms with Crippen LogP contribution in [0, 0.1) is 12.1 Å². The molecule has 33 heavy (non-hydrogen) atoms. The topological polar surface area (TPSA) is 52.8 Å². The van der Waals surface area contributed by atoms with Crippen molar-refractivity contribution in [1.29, 1.82) is 0 Å². The normalized spacial score (nSPS) is 11.2. The number of aromatic nitrogens is 4. The van der Waals surface area contributed by atoms with Crippen LogP contribution in [0.1, 0.15) is 11.1 Å².